The van der Waals surface area contributed by atoms with Crippen LogP contribution in [0.3, 0.4) is 0 Å². The molecule has 1 fully saturated rings. The summed E-state index contributed by atoms with van der Waals surface area (Å²) in [6.45, 7) is 0.345. The van der Waals surface area contributed by atoms with Gasteiger partial charge in [-0.25, -0.2) is 14.7 Å². The summed E-state index contributed by atoms with van der Waals surface area (Å²) in [6, 6.07) is 11.5. The molecule has 0 aliphatic carbocycles. The van der Waals surface area contributed by atoms with Crippen molar-refractivity contribution in [3.8, 4) is 11.5 Å². The quantitative estimate of drug-likeness (QED) is 0.571. The molecule has 0 bridgehead atoms. The number of amides is 3. The van der Waals surface area contributed by atoms with Gasteiger partial charge in [0.1, 0.15) is 23.4 Å². The van der Waals surface area contributed by atoms with Crippen molar-refractivity contribution in [1.29, 1.82) is 0 Å². The molecule has 0 unspecified atom stereocenters. The molecule has 0 aromatic heterocycles. The number of urea groups is 1. The number of nitrogens with zero attached hydrogens (tertiary/aromatic N) is 1. The minimum atomic E-state index is -0.771. The first-order chi connectivity index (χ1) is 12.1. The molecular formula is C17H16FN3O4. The molecule has 1 heterocycles. The minimum Gasteiger partial charge on any atom is -0.457 e. The summed E-state index contributed by atoms with van der Waals surface area (Å²) >= 11 is 0. The van der Waals surface area contributed by atoms with E-state index in [1.165, 1.54) is 29.2 Å². The second-order valence-electron chi connectivity index (χ2n) is 5.51. The van der Waals surface area contributed by atoms with E-state index in [1.54, 1.807) is 29.7 Å². The number of hydroxylamine groups is 1. The smallest absolute Gasteiger partial charge is 0.318 e. The van der Waals surface area contributed by atoms with Crippen LogP contribution < -0.4 is 15.5 Å². The summed E-state index contributed by atoms with van der Waals surface area (Å²) < 4.78 is 18.5. The number of nitrogens with one attached hydrogen (secondary N) is 2. The van der Waals surface area contributed by atoms with E-state index >= 15 is 0 Å². The first-order valence-corrected chi connectivity index (χ1v) is 7.57. The van der Waals surface area contributed by atoms with Gasteiger partial charge in [-0.15, -0.1) is 0 Å². The van der Waals surface area contributed by atoms with Crippen molar-refractivity contribution in [2.45, 2.75) is 12.6 Å². The van der Waals surface area contributed by atoms with E-state index in [0.29, 0.717) is 11.5 Å². The largest absolute Gasteiger partial charge is 0.457 e. The predicted octanol–water partition coefficient (Wildman–Crippen LogP) is 2.02. The van der Waals surface area contributed by atoms with Crippen LogP contribution >= 0.6 is 0 Å². The SMILES string of the molecule is O=C(NO)[C@H]1CNC(=O)N1Cc1ccc(Oc2ccc(F)cc2)cc1. The first kappa shape index (κ1) is 16.7. The third kappa shape index (κ3) is 3.86. The summed E-state index contributed by atoms with van der Waals surface area (Å²) in [4.78, 5) is 24.8. The van der Waals surface area contributed by atoms with Crippen LogP contribution in [0.4, 0.5) is 9.18 Å². The Kier molecular flexibility index (Phi) is 4.80. The molecule has 2 aromatic rings. The van der Waals surface area contributed by atoms with Gasteiger partial charge >= 0.3 is 6.03 Å². The fourth-order valence-corrected chi connectivity index (χ4v) is 2.53. The van der Waals surface area contributed by atoms with Crippen molar-refractivity contribution in [2.75, 3.05) is 6.54 Å². The van der Waals surface area contributed by atoms with Gasteiger partial charge in [0.25, 0.3) is 5.91 Å². The van der Waals surface area contributed by atoms with Gasteiger partial charge in [-0.2, -0.15) is 0 Å². The summed E-state index contributed by atoms with van der Waals surface area (Å²) in [6.07, 6.45) is 0. The van der Waals surface area contributed by atoms with E-state index in [2.05, 4.69) is 5.32 Å². The Bertz CT molecular complexity index is 764. The number of carbonyl (C=O) groups excluding carboxylic acids is 2. The molecule has 1 saturated heterocycles. The van der Waals surface area contributed by atoms with Crippen LogP contribution in [-0.2, 0) is 11.3 Å². The maximum Gasteiger partial charge on any atom is 0.318 e. The lowest BCUT2D eigenvalue weighted by Gasteiger charge is -2.21. The topological polar surface area (TPSA) is 90.9 Å². The van der Waals surface area contributed by atoms with Gasteiger partial charge < -0.3 is 15.0 Å². The molecule has 1 aliphatic rings. The molecule has 3 N–H and O–H groups in total. The maximum atomic E-state index is 12.9. The van der Waals surface area contributed by atoms with Gasteiger partial charge in [-0.3, -0.25) is 10.0 Å². The van der Waals surface area contributed by atoms with Gasteiger partial charge in [-0.1, -0.05) is 12.1 Å². The van der Waals surface area contributed by atoms with Crippen LogP contribution in [0.2, 0.25) is 0 Å². The minimum absolute atomic E-state index is 0.136. The molecule has 2 aromatic carbocycles. The lowest BCUT2D eigenvalue weighted by Crippen LogP contribution is -2.44. The molecule has 1 aliphatic heterocycles. The Morgan fingerprint density at radius 3 is 2.40 bits per heavy atom. The summed E-state index contributed by atoms with van der Waals surface area (Å²) in [5, 5.41) is 11.3. The Morgan fingerprint density at radius 1 is 1.20 bits per heavy atom. The third-order valence-corrected chi connectivity index (χ3v) is 3.82. The number of ether oxygens (including phenoxy) is 1. The average Bonchev–Trinajstić information content (AvgIpc) is 2.98. The fourth-order valence-electron chi connectivity index (χ4n) is 2.53. The molecule has 0 spiro atoms. The highest BCUT2D eigenvalue weighted by molar-refractivity contribution is 5.89. The highest BCUT2D eigenvalue weighted by Gasteiger charge is 2.35. The predicted molar refractivity (Wildman–Crippen MR) is 85.6 cm³/mol. The van der Waals surface area contributed by atoms with Gasteiger partial charge in [0.2, 0.25) is 0 Å². The second-order valence-corrected chi connectivity index (χ2v) is 5.51. The molecule has 1 atom stereocenters. The normalized spacial score (nSPS) is 16.5. The number of halogens is 1. The first-order valence-electron chi connectivity index (χ1n) is 7.57. The molecule has 3 rings (SSSR count). The Balaban J connectivity index is 1.66. The highest BCUT2D eigenvalue weighted by Crippen LogP contribution is 2.23. The molecular weight excluding hydrogens is 329 g/mol. The van der Waals surface area contributed by atoms with Crippen LogP contribution in [0.5, 0.6) is 11.5 Å². The Morgan fingerprint density at radius 2 is 1.80 bits per heavy atom. The molecule has 25 heavy (non-hydrogen) atoms. The lowest BCUT2D eigenvalue weighted by molar-refractivity contribution is -0.133. The zero-order valence-electron chi connectivity index (χ0n) is 13.1. The Hall–Kier alpha value is -3.13. The molecule has 3 amide bonds. The standard InChI is InChI=1S/C17H16FN3O4/c18-12-3-7-14(8-4-12)25-13-5-1-11(2-6-13)10-21-15(16(22)20-24)9-19-17(21)23/h1-8,15,24H,9-10H2,(H,19,23)(H,20,22)/t15-/m1/s1. The van der Waals surface area contributed by atoms with E-state index < -0.39 is 11.9 Å². The molecule has 8 heteroatoms. The van der Waals surface area contributed by atoms with Crippen molar-refractivity contribution in [2.24, 2.45) is 0 Å². The van der Waals surface area contributed by atoms with Crippen molar-refractivity contribution in [3.63, 3.8) is 0 Å². The van der Waals surface area contributed by atoms with E-state index in [1.807, 2.05) is 0 Å². The number of carbonyl (C=O) groups is 2. The van der Waals surface area contributed by atoms with E-state index in [4.69, 9.17) is 9.94 Å². The molecule has 0 radical (unpaired) electrons. The van der Waals surface area contributed by atoms with E-state index in [0.717, 1.165) is 5.56 Å². The van der Waals surface area contributed by atoms with Gasteiger partial charge in [0, 0.05) is 13.1 Å². The van der Waals surface area contributed by atoms with Crippen molar-refractivity contribution >= 4 is 11.9 Å². The summed E-state index contributed by atoms with van der Waals surface area (Å²) in [5.74, 6) is 0.0845. The molecule has 0 saturated carbocycles. The Labute approximate surface area is 143 Å². The zero-order chi connectivity index (χ0) is 17.8. The van der Waals surface area contributed by atoms with E-state index in [-0.39, 0.29) is 24.9 Å². The van der Waals surface area contributed by atoms with Crippen molar-refractivity contribution < 1.29 is 23.9 Å². The highest BCUT2D eigenvalue weighted by atomic mass is 19.1. The van der Waals surface area contributed by atoms with Gasteiger partial charge in [0.15, 0.2) is 0 Å². The van der Waals surface area contributed by atoms with Crippen LogP contribution in [0.15, 0.2) is 48.5 Å². The second kappa shape index (κ2) is 7.18. The average molecular weight is 345 g/mol. The molecule has 130 valence electrons. The zero-order valence-corrected chi connectivity index (χ0v) is 13.1. The summed E-state index contributed by atoms with van der Waals surface area (Å²) in [5.41, 5.74) is 2.36. The maximum absolute atomic E-state index is 12.9. The van der Waals surface area contributed by atoms with Crippen molar-refractivity contribution in [1.82, 2.24) is 15.7 Å². The van der Waals surface area contributed by atoms with Crippen LogP contribution in [0.1, 0.15) is 5.56 Å². The van der Waals surface area contributed by atoms with Gasteiger partial charge in [-0.05, 0) is 42.0 Å². The number of hydrogen-bond acceptors (Lipinski definition) is 4. The van der Waals surface area contributed by atoms with E-state index in [9.17, 15) is 14.0 Å². The lowest BCUT2D eigenvalue weighted by atomic mass is 10.2. The third-order valence-electron chi connectivity index (χ3n) is 3.82. The molecule has 7 nitrogen and oxygen atoms in total. The van der Waals surface area contributed by atoms with Crippen molar-refractivity contribution in [3.05, 3.63) is 59.9 Å². The summed E-state index contributed by atoms with van der Waals surface area (Å²) in [7, 11) is 0. The van der Waals surface area contributed by atoms with Crippen LogP contribution in [0.25, 0.3) is 0 Å². The monoisotopic (exact) mass is 345 g/mol. The van der Waals surface area contributed by atoms with Gasteiger partial charge in [0.05, 0.1) is 0 Å². The van der Waals surface area contributed by atoms with Crippen LogP contribution in [0, 0.1) is 5.82 Å². The van der Waals surface area contributed by atoms with Crippen LogP contribution in [-0.4, -0.2) is 34.6 Å². The number of rotatable bonds is 5. The number of benzene rings is 2. The number of hydrogen-bond donors (Lipinski definition) is 3. The fraction of sp³-hybridized carbons (Fsp3) is 0.176.